The summed E-state index contributed by atoms with van der Waals surface area (Å²) in [4.78, 5) is 14.0. The third-order valence-corrected chi connectivity index (χ3v) is 4.71. The van der Waals surface area contributed by atoms with Gasteiger partial charge in [0.05, 0.1) is 18.6 Å². The van der Waals surface area contributed by atoms with Gasteiger partial charge in [0.25, 0.3) is 0 Å². The largest absolute Gasteiger partial charge is 0.477 e. The molecule has 1 aromatic heterocycles. The van der Waals surface area contributed by atoms with Gasteiger partial charge in [0.1, 0.15) is 4.88 Å². The average molecular weight is 317 g/mol. The summed E-state index contributed by atoms with van der Waals surface area (Å²) in [5, 5.41) is 8.89. The minimum absolute atomic E-state index is 0.0410. The van der Waals surface area contributed by atoms with Crippen LogP contribution < -0.4 is 0 Å². The number of carboxylic acid groups (broad SMARTS) is 1. The van der Waals surface area contributed by atoms with Crippen molar-refractivity contribution in [3.63, 3.8) is 0 Å². The van der Waals surface area contributed by atoms with Crippen LogP contribution in [0.15, 0.2) is 12.1 Å². The highest BCUT2D eigenvalue weighted by atomic mass is 35.5. The van der Waals surface area contributed by atoms with Gasteiger partial charge in [-0.1, -0.05) is 0 Å². The number of aromatic carboxylic acids is 1. The third kappa shape index (κ3) is 3.96. The Morgan fingerprint density at radius 1 is 1.65 bits per heavy atom. The van der Waals surface area contributed by atoms with Gasteiger partial charge in [-0.2, -0.15) is 0 Å². The zero-order valence-corrected chi connectivity index (χ0v) is 12.7. The minimum atomic E-state index is -0.904. The second-order valence-electron chi connectivity index (χ2n) is 4.54. The van der Waals surface area contributed by atoms with E-state index >= 15 is 0 Å². The lowest BCUT2D eigenvalue weighted by atomic mass is 10.1. The SMILES string of the molecule is CO[B]N1CCC(Cl)[C@@H]1COCc1ccc(C(=O)O)s1. The summed E-state index contributed by atoms with van der Waals surface area (Å²) in [6.07, 6.45) is 0.900. The first-order chi connectivity index (χ1) is 9.61. The molecule has 2 rings (SSSR count). The van der Waals surface area contributed by atoms with Crippen LogP contribution in [0.3, 0.4) is 0 Å². The number of ether oxygens (including phenoxy) is 1. The van der Waals surface area contributed by atoms with E-state index in [0.717, 1.165) is 17.8 Å². The van der Waals surface area contributed by atoms with Gasteiger partial charge in [0.2, 0.25) is 0 Å². The first-order valence-electron chi connectivity index (χ1n) is 6.27. The van der Waals surface area contributed by atoms with Crippen LogP contribution >= 0.6 is 22.9 Å². The molecule has 20 heavy (non-hydrogen) atoms. The summed E-state index contributed by atoms with van der Waals surface area (Å²) in [5.41, 5.74) is 0. The zero-order chi connectivity index (χ0) is 14.5. The molecule has 8 heteroatoms. The maximum Gasteiger partial charge on any atom is 0.398 e. The third-order valence-electron chi connectivity index (χ3n) is 3.15. The molecule has 0 aromatic carbocycles. The second-order valence-corrected chi connectivity index (χ2v) is 6.27. The van der Waals surface area contributed by atoms with Crippen LogP contribution in [0.5, 0.6) is 0 Å². The van der Waals surface area contributed by atoms with Gasteiger partial charge in [-0.05, 0) is 25.1 Å². The van der Waals surface area contributed by atoms with Crippen molar-refractivity contribution in [2.24, 2.45) is 0 Å². The van der Waals surface area contributed by atoms with E-state index in [4.69, 9.17) is 26.1 Å². The van der Waals surface area contributed by atoms with Crippen LogP contribution in [0, 0.1) is 0 Å². The van der Waals surface area contributed by atoms with Crippen molar-refractivity contribution in [1.82, 2.24) is 4.81 Å². The Kier molecular flexibility index (Phi) is 5.86. The average Bonchev–Trinajstić information content (AvgIpc) is 3.00. The van der Waals surface area contributed by atoms with Crippen molar-refractivity contribution in [3.05, 3.63) is 21.9 Å². The van der Waals surface area contributed by atoms with Gasteiger partial charge in [0, 0.05) is 18.0 Å². The summed E-state index contributed by atoms with van der Waals surface area (Å²) in [7, 11) is 3.28. The van der Waals surface area contributed by atoms with E-state index in [1.54, 1.807) is 26.9 Å². The molecule has 1 aliphatic heterocycles. The maximum absolute atomic E-state index is 10.8. The quantitative estimate of drug-likeness (QED) is 0.614. The normalized spacial score (nSPS) is 23.1. The first-order valence-corrected chi connectivity index (χ1v) is 7.53. The molecule has 1 N–H and O–H groups in total. The molecule has 2 heterocycles. The van der Waals surface area contributed by atoms with Crippen molar-refractivity contribution in [3.8, 4) is 0 Å². The van der Waals surface area contributed by atoms with Crippen LogP contribution in [0.4, 0.5) is 0 Å². The number of hydrogen-bond acceptors (Lipinski definition) is 5. The molecule has 1 fully saturated rings. The smallest absolute Gasteiger partial charge is 0.398 e. The summed E-state index contributed by atoms with van der Waals surface area (Å²) in [6, 6.07) is 3.46. The molecule has 2 atom stereocenters. The predicted molar refractivity (Wildman–Crippen MR) is 78.4 cm³/mol. The highest BCUT2D eigenvalue weighted by Gasteiger charge is 2.33. The van der Waals surface area contributed by atoms with Crippen molar-refractivity contribution in [2.45, 2.75) is 24.4 Å². The topological polar surface area (TPSA) is 59.0 Å². The number of carboxylic acids is 1. The fraction of sp³-hybridized carbons (Fsp3) is 0.583. The standard InChI is InChI=1S/C12H16BClNO4S/c1-18-13-15-5-4-9(14)10(15)7-19-6-8-2-3-11(20-8)12(16)17/h2-3,9-10H,4-7H2,1H3,(H,16,17)/t9?,10-/m0/s1. The fourth-order valence-corrected chi connectivity index (χ4v) is 3.25. The molecule has 1 aromatic rings. The fourth-order valence-electron chi connectivity index (χ4n) is 2.16. The van der Waals surface area contributed by atoms with E-state index in [2.05, 4.69) is 0 Å². The van der Waals surface area contributed by atoms with Crippen LogP contribution in [0.1, 0.15) is 21.0 Å². The first kappa shape index (κ1) is 15.8. The minimum Gasteiger partial charge on any atom is -0.477 e. The number of carbonyl (C=O) groups is 1. The van der Waals surface area contributed by atoms with E-state index < -0.39 is 5.97 Å². The molecule has 1 radical (unpaired) electrons. The van der Waals surface area contributed by atoms with Gasteiger partial charge in [0.15, 0.2) is 0 Å². The van der Waals surface area contributed by atoms with Crippen LogP contribution in [-0.4, -0.2) is 55.2 Å². The summed E-state index contributed by atoms with van der Waals surface area (Å²) >= 11 is 7.50. The summed E-state index contributed by atoms with van der Waals surface area (Å²) < 4.78 is 10.7. The molecule has 0 saturated carbocycles. The van der Waals surface area contributed by atoms with Gasteiger partial charge in [-0.15, -0.1) is 22.9 Å². The maximum atomic E-state index is 10.8. The van der Waals surface area contributed by atoms with Gasteiger partial charge < -0.3 is 19.3 Å². The van der Waals surface area contributed by atoms with Crippen LogP contribution in [0.25, 0.3) is 0 Å². The Hall–Kier alpha value is -0.595. The highest BCUT2D eigenvalue weighted by Crippen LogP contribution is 2.23. The van der Waals surface area contributed by atoms with Crippen molar-refractivity contribution >= 4 is 36.5 Å². The summed E-state index contributed by atoms with van der Waals surface area (Å²) in [5.74, 6) is -0.904. The molecule has 5 nitrogen and oxygen atoms in total. The Morgan fingerprint density at radius 3 is 3.10 bits per heavy atom. The lowest BCUT2D eigenvalue weighted by molar-refractivity contribution is 0.0702. The molecule has 1 unspecified atom stereocenters. The number of nitrogens with zero attached hydrogens (tertiary/aromatic N) is 1. The Morgan fingerprint density at radius 2 is 2.45 bits per heavy atom. The van der Waals surface area contributed by atoms with Crippen LogP contribution in [0.2, 0.25) is 0 Å². The molecule has 1 aliphatic rings. The molecular weight excluding hydrogens is 300 g/mol. The van der Waals surface area contributed by atoms with E-state index in [0.29, 0.717) is 18.1 Å². The van der Waals surface area contributed by atoms with E-state index in [-0.39, 0.29) is 11.4 Å². The molecule has 1 saturated heterocycles. The van der Waals surface area contributed by atoms with E-state index in [1.165, 1.54) is 11.3 Å². The Balaban J connectivity index is 1.80. The number of thiophene rings is 1. The summed E-state index contributed by atoms with van der Waals surface area (Å²) in [6.45, 7) is 1.76. The molecule has 0 spiro atoms. The Bertz CT molecular complexity index is 456. The van der Waals surface area contributed by atoms with Gasteiger partial charge >= 0.3 is 13.6 Å². The van der Waals surface area contributed by atoms with Crippen LogP contribution in [-0.2, 0) is 16.0 Å². The number of rotatable bonds is 7. The number of alkyl halides is 1. The van der Waals surface area contributed by atoms with E-state index in [9.17, 15) is 4.79 Å². The number of halogens is 1. The lowest BCUT2D eigenvalue weighted by Crippen LogP contribution is -2.40. The van der Waals surface area contributed by atoms with Gasteiger partial charge in [-0.25, -0.2) is 4.79 Å². The zero-order valence-electron chi connectivity index (χ0n) is 11.1. The molecular formula is C12H16BClNO4S. The molecule has 0 bridgehead atoms. The van der Waals surface area contributed by atoms with Crippen molar-refractivity contribution < 1.29 is 19.3 Å². The highest BCUT2D eigenvalue weighted by molar-refractivity contribution is 7.13. The molecule has 0 amide bonds. The molecule has 109 valence electrons. The monoisotopic (exact) mass is 316 g/mol. The van der Waals surface area contributed by atoms with Crippen molar-refractivity contribution in [1.29, 1.82) is 0 Å². The van der Waals surface area contributed by atoms with E-state index in [1.807, 2.05) is 4.81 Å². The second kappa shape index (κ2) is 7.42. The lowest BCUT2D eigenvalue weighted by Gasteiger charge is -2.23. The Labute approximate surface area is 127 Å². The van der Waals surface area contributed by atoms with Crippen molar-refractivity contribution in [2.75, 3.05) is 20.3 Å². The molecule has 0 aliphatic carbocycles. The predicted octanol–water partition coefficient (Wildman–Crippen LogP) is 1.83. The number of hydrogen-bond donors (Lipinski definition) is 1. The van der Waals surface area contributed by atoms with Gasteiger partial charge in [-0.3, -0.25) is 0 Å².